The Morgan fingerprint density at radius 2 is 1.27 bits per heavy atom. The Hall–Kier alpha value is -4.93. The molecule has 4 aromatic rings. The van der Waals surface area contributed by atoms with E-state index in [1.54, 1.807) is 24.3 Å². The highest BCUT2D eigenvalue weighted by atomic mass is 19.2. The lowest BCUT2D eigenvalue weighted by molar-refractivity contribution is -0.137. The first-order valence-corrected chi connectivity index (χ1v) is 14.0. The van der Waals surface area contributed by atoms with E-state index in [0.29, 0.717) is 11.3 Å². The molecule has 0 spiro atoms. The second kappa shape index (κ2) is 12.6. The molecule has 0 aromatic heterocycles. The van der Waals surface area contributed by atoms with Crippen molar-refractivity contribution in [3.05, 3.63) is 119 Å². The Balaban J connectivity index is 1.36. The molecule has 1 aliphatic rings. The highest BCUT2D eigenvalue weighted by Gasteiger charge is 2.33. The maximum absolute atomic E-state index is 14.3. The van der Waals surface area contributed by atoms with Gasteiger partial charge in [0.1, 0.15) is 24.0 Å². The number of alkyl carbamates (subject to hydrolysis) is 1. The number of hydrogen-bond acceptors (Lipinski definition) is 5. The van der Waals surface area contributed by atoms with E-state index in [1.165, 1.54) is 0 Å². The van der Waals surface area contributed by atoms with Gasteiger partial charge in [0.15, 0.2) is 0 Å². The van der Waals surface area contributed by atoms with Crippen LogP contribution in [0.5, 0.6) is 11.5 Å². The maximum atomic E-state index is 14.3. The lowest BCUT2D eigenvalue weighted by Crippen LogP contribution is -2.45. The molecule has 11 heteroatoms. The van der Waals surface area contributed by atoms with Crippen molar-refractivity contribution in [2.24, 2.45) is 0 Å². The highest BCUT2D eigenvalue weighted by Crippen LogP contribution is 2.44. The Morgan fingerprint density at radius 3 is 1.80 bits per heavy atom. The fourth-order valence-corrected chi connectivity index (χ4v) is 5.10. The van der Waals surface area contributed by atoms with Gasteiger partial charge in [0.05, 0.1) is 0 Å². The third-order valence-electron chi connectivity index (χ3n) is 7.08. The second-order valence-corrected chi connectivity index (χ2v) is 11.4. The van der Waals surface area contributed by atoms with Crippen LogP contribution < -0.4 is 14.8 Å². The van der Waals surface area contributed by atoms with Crippen molar-refractivity contribution in [2.75, 3.05) is 6.61 Å². The summed E-state index contributed by atoms with van der Waals surface area (Å²) in [7, 11) is 0. The minimum atomic E-state index is -2.41. The van der Waals surface area contributed by atoms with Crippen molar-refractivity contribution in [3.8, 4) is 22.6 Å². The minimum absolute atomic E-state index is 0.113. The van der Waals surface area contributed by atoms with Crippen LogP contribution in [0.25, 0.3) is 11.1 Å². The summed E-state index contributed by atoms with van der Waals surface area (Å²) >= 11 is 0. The standard InChI is InChI=1S/C34H28F5NO5/c1-34(2,3)45-19-14-12-18(13-15-19)16-25(32(41)44-31-29(38)27(36)26(35)28(37)30(31)39)40-33(42)43-17-24-22-10-6-4-8-20(22)21-9-5-7-11-23(21)24/h4-15,24-25H,16-17H2,1-3H3,(H,40,42)/t25-/m1/s1. The molecule has 0 saturated carbocycles. The van der Waals surface area contributed by atoms with Gasteiger partial charge in [0.2, 0.25) is 34.8 Å². The van der Waals surface area contributed by atoms with Crippen molar-refractivity contribution < 1.29 is 45.8 Å². The molecule has 0 heterocycles. The van der Waals surface area contributed by atoms with Crippen molar-refractivity contribution in [3.63, 3.8) is 0 Å². The molecular formula is C34H28F5NO5. The molecule has 1 aliphatic carbocycles. The van der Waals surface area contributed by atoms with Crippen molar-refractivity contribution in [1.82, 2.24) is 5.32 Å². The zero-order valence-electron chi connectivity index (χ0n) is 24.4. The van der Waals surface area contributed by atoms with Crippen molar-refractivity contribution >= 4 is 12.1 Å². The number of halogens is 5. The number of fused-ring (bicyclic) bond motifs is 3. The van der Waals surface area contributed by atoms with Gasteiger partial charge in [-0.25, -0.2) is 22.8 Å². The molecule has 4 aromatic carbocycles. The van der Waals surface area contributed by atoms with Crippen LogP contribution in [-0.4, -0.2) is 30.3 Å². The predicted octanol–water partition coefficient (Wildman–Crippen LogP) is 7.61. The van der Waals surface area contributed by atoms with Crippen LogP contribution in [0, 0.1) is 29.1 Å². The molecule has 234 valence electrons. The number of carbonyl (C=O) groups excluding carboxylic acids is 2. The minimum Gasteiger partial charge on any atom is -0.488 e. The molecule has 1 amide bonds. The molecule has 0 saturated heterocycles. The number of esters is 1. The Kier molecular flexibility index (Phi) is 8.81. The van der Waals surface area contributed by atoms with E-state index in [4.69, 9.17) is 9.47 Å². The average molecular weight is 626 g/mol. The first kappa shape index (κ1) is 31.5. The van der Waals surface area contributed by atoms with Gasteiger partial charge in [-0.3, -0.25) is 0 Å². The van der Waals surface area contributed by atoms with Gasteiger partial charge < -0.3 is 19.5 Å². The van der Waals surface area contributed by atoms with Crippen LogP contribution in [0.3, 0.4) is 0 Å². The van der Waals surface area contributed by atoms with Crippen LogP contribution in [0.15, 0.2) is 72.8 Å². The number of amides is 1. The summed E-state index contributed by atoms with van der Waals surface area (Å²) in [5.41, 5.74) is 3.82. The monoisotopic (exact) mass is 625 g/mol. The second-order valence-electron chi connectivity index (χ2n) is 11.4. The third-order valence-corrected chi connectivity index (χ3v) is 7.08. The lowest BCUT2D eigenvalue weighted by atomic mass is 9.98. The molecule has 6 nitrogen and oxygen atoms in total. The normalized spacial score (nSPS) is 13.1. The fourth-order valence-electron chi connectivity index (χ4n) is 5.10. The van der Waals surface area contributed by atoms with Gasteiger partial charge in [-0.2, -0.15) is 8.78 Å². The number of ether oxygens (including phenoxy) is 3. The smallest absolute Gasteiger partial charge is 0.407 e. The molecule has 1 N–H and O–H groups in total. The van der Waals surface area contributed by atoms with Gasteiger partial charge in [0, 0.05) is 12.3 Å². The van der Waals surface area contributed by atoms with E-state index in [1.807, 2.05) is 69.3 Å². The van der Waals surface area contributed by atoms with Crippen LogP contribution in [-0.2, 0) is 16.0 Å². The molecule has 45 heavy (non-hydrogen) atoms. The fraction of sp³-hybridized carbons (Fsp3) is 0.235. The Morgan fingerprint density at radius 1 is 0.756 bits per heavy atom. The van der Waals surface area contributed by atoms with Crippen LogP contribution in [0.1, 0.15) is 43.4 Å². The molecule has 5 rings (SSSR count). The SMILES string of the molecule is CC(C)(C)Oc1ccc(C[C@@H](NC(=O)OCC2c3ccccc3-c3ccccc32)C(=O)Oc2c(F)c(F)c(F)c(F)c2F)cc1. The molecule has 0 aliphatic heterocycles. The summed E-state index contributed by atoms with van der Waals surface area (Å²) in [5.74, 6) is -14.7. The van der Waals surface area contributed by atoms with Crippen LogP contribution in [0.2, 0.25) is 0 Å². The molecule has 0 fully saturated rings. The highest BCUT2D eigenvalue weighted by molar-refractivity contribution is 5.84. The topological polar surface area (TPSA) is 73.9 Å². The van der Waals surface area contributed by atoms with Crippen LogP contribution >= 0.6 is 0 Å². The Labute approximate surface area is 255 Å². The van der Waals surface area contributed by atoms with E-state index in [0.717, 1.165) is 22.3 Å². The van der Waals surface area contributed by atoms with E-state index in [2.05, 4.69) is 10.1 Å². The number of benzene rings is 4. The first-order chi connectivity index (χ1) is 21.3. The van der Waals surface area contributed by atoms with E-state index >= 15 is 0 Å². The number of carbonyl (C=O) groups is 2. The number of hydrogen-bond donors (Lipinski definition) is 1. The molecule has 0 unspecified atom stereocenters. The predicted molar refractivity (Wildman–Crippen MR) is 154 cm³/mol. The van der Waals surface area contributed by atoms with E-state index in [-0.39, 0.29) is 18.9 Å². The quantitative estimate of drug-likeness (QED) is 0.0718. The van der Waals surface area contributed by atoms with Gasteiger partial charge >= 0.3 is 12.1 Å². The largest absolute Gasteiger partial charge is 0.488 e. The molecular weight excluding hydrogens is 597 g/mol. The number of rotatable bonds is 8. The Bertz CT molecular complexity index is 1680. The summed E-state index contributed by atoms with van der Waals surface area (Å²) in [6.45, 7) is 5.44. The summed E-state index contributed by atoms with van der Waals surface area (Å²) in [6, 6.07) is 20.0. The van der Waals surface area contributed by atoms with Crippen molar-refractivity contribution in [1.29, 1.82) is 0 Å². The van der Waals surface area contributed by atoms with Crippen molar-refractivity contribution in [2.45, 2.75) is 44.8 Å². The average Bonchev–Trinajstić information content (AvgIpc) is 3.33. The molecule has 0 bridgehead atoms. The summed E-state index contributed by atoms with van der Waals surface area (Å²) in [4.78, 5) is 26.1. The molecule has 1 atom stereocenters. The lowest BCUT2D eigenvalue weighted by Gasteiger charge is -2.22. The van der Waals surface area contributed by atoms with E-state index < -0.39 is 58.5 Å². The van der Waals surface area contributed by atoms with Gasteiger partial charge in [-0.05, 0) is 60.7 Å². The van der Waals surface area contributed by atoms with Crippen LogP contribution in [0.4, 0.5) is 26.7 Å². The maximum Gasteiger partial charge on any atom is 0.407 e. The first-order valence-electron chi connectivity index (χ1n) is 14.0. The molecule has 0 radical (unpaired) electrons. The van der Waals surface area contributed by atoms with Gasteiger partial charge in [0.25, 0.3) is 0 Å². The zero-order chi connectivity index (χ0) is 32.5. The summed E-state index contributed by atoms with van der Waals surface area (Å²) < 4.78 is 85.6. The summed E-state index contributed by atoms with van der Waals surface area (Å²) in [5, 5.41) is 2.32. The van der Waals surface area contributed by atoms with Gasteiger partial charge in [-0.1, -0.05) is 60.7 Å². The summed E-state index contributed by atoms with van der Waals surface area (Å²) in [6.07, 6.45) is -1.35. The van der Waals surface area contributed by atoms with E-state index in [9.17, 15) is 31.5 Å². The third kappa shape index (κ3) is 6.77. The number of nitrogens with one attached hydrogen (secondary N) is 1. The zero-order valence-corrected chi connectivity index (χ0v) is 24.4. The van der Waals surface area contributed by atoms with Gasteiger partial charge in [-0.15, -0.1) is 0 Å².